The van der Waals surface area contributed by atoms with Crippen molar-refractivity contribution in [2.45, 2.75) is 18.9 Å². The number of hydrogen-bond acceptors (Lipinski definition) is 4. The summed E-state index contributed by atoms with van der Waals surface area (Å²) in [5.41, 5.74) is 0.277. The third kappa shape index (κ3) is 4.13. The molecule has 0 saturated carbocycles. The van der Waals surface area contributed by atoms with E-state index in [9.17, 15) is 4.79 Å². The number of carboxylic acids is 1. The fourth-order valence-electron chi connectivity index (χ4n) is 0.846. The van der Waals surface area contributed by atoms with E-state index in [-0.39, 0.29) is 5.56 Å². The van der Waals surface area contributed by atoms with Crippen LogP contribution in [0.3, 0.4) is 0 Å². The van der Waals surface area contributed by atoms with Gasteiger partial charge in [0.1, 0.15) is 5.03 Å². The van der Waals surface area contributed by atoms with Gasteiger partial charge < -0.3 is 5.11 Å². The second-order valence-corrected chi connectivity index (χ2v) is 5.75. The van der Waals surface area contributed by atoms with Crippen molar-refractivity contribution in [1.29, 1.82) is 0 Å². The molecule has 0 aromatic carbocycles. The second kappa shape index (κ2) is 6.02. The van der Waals surface area contributed by atoms with Crippen molar-refractivity contribution in [3.8, 4) is 0 Å². The fraction of sp³-hybridized carbons (Fsp3) is 0.400. The molecule has 1 heterocycles. The van der Waals surface area contributed by atoms with Gasteiger partial charge in [-0.05, 0) is 28.8 Å². The van der Waals surface area contributed by atoms with Crippen LogP contribution in [0.2, 0.25) is 0 Å². The topological polar surface area (TPSA) is 50.2 Å². The zero-order chi connectivity index (χ0) is 11.3. The van der Waals surface area contributed by atoms with Crippen molar-refractivity contribution in [1.82, 2.24) is 4.98 Å². The molecule has 5 heteroatoms. The number of nitrogens with zero attached hydrogens (tertiary/aromatic N) is 1. The van der Waals surface area contributed by atoms with Gasteiger partial charge in [0.05, 0.1) is 5.56 Å². The summed E-state index contributed by atoms with van der Waals surface area (Å²) in [6.45, 7) is 4.26. The molecule has 0 aliphatic heterocycles. The summed E-state index contributed by atoms with van der Waals surface area (Å²) in [7, 11) is 3.07. The molecule has 1 aromatic rings. The zero-order valence-corrected chi connectivity index (χ0v) is 10.3. The molecule has 15 heavy (non-hydrogen) atoms. The molecule has 0 atom stereocenters. The highest BCUT2D eigenvalue weighted by Gasteiger charge is 2.11. The summed E-state index contributed by atoms with van der Waals surface area (Å²) in [5.74, 6) is 0.663. The first-order valence-corrected chi connectivity index (χ1v) is 6.91. The van der Waals surface area contributed by atoms with Crippen LogP contribution in [0.25, 0.3) is 0 Å². The smallest absolute Gasteiger partial charge is 0.338 e. The average Bonchev–Trinajstić information content (AvgIpc) is 2.17. The van der Waals surface area contributed by atoms with Crippen molar-refractivity contribution in [2.24, 2.45) is 5.92 Å². The molecule has 0 aliphatic carbocycles. The van der Waals surface area contributed by atoms with Crippen molar-refractivity contribution < 1.29 is 9.90 Å². The third-order valence-corrected chi connectivity index (χ3v) is 4.18. The second-order valence-electron chi connectivity index (χ2n) is 3.42. The highest BCUT2D eigenvalue weighted by Crippen LogP contribution is 2.32. The number of aromatic carboxylic acids is 1. The average molecular weight is 243 g/mol. The monoisotopic (exact) mass is 243 g/mol. The van der Waals surface area contributed by atoms with Gasteiger partial charge in [-0.2, -0.15) is 0 Å². The van der Waals surface area contributed by atoms with Crippen molar-refractivity contribution in [3.05, 3.63) is 23.9 Å². The lowest BCUT2D eigenvalue weighted by molar-refractivity contribution is 0.0692. The number of carboxylic acid groups (broad SMARTS) is 1. The molecule has 0 spiro atoms. The Balaban J connectivity index is 2.63. The van der Waals surface area contributed by atoms with Crippen LogP contribution in [0, 0.1) is 5.92 Å². The first-order chi connectivity index (χ1) is 7.11. The SMILES string of the molecule is CC(C)CSSc1ncccc1C(=O)O. The first-order valence-electron chi connectivity index (χ1n) is 4.59. The van der Waals surface area contributed by atoms with Crippen LogP contribution in [-0.2, 0) is 0 Å². The molecule has 0 fully saturated rings. The maximum atomic E-state index is 10.9. The first kappa shape index (κ1) is 12.4. The lowest BCUT2D eigenvalue weighted by atomic mass is 10.3. The Kier molecular flexibility index (Phi) is 4.98. The van der Waals surface area contributed by atoms with E-state index < -0.39 is 5.97 Å². The van der Waals surface area contributed by atoms with E-state index in [1.54, 1.807) is 29.1 Å². The molecule has 0 saturated heterocycles. The highest BCUT2D eigenvalue weighted by atomic mass is 33.1. The predicted octanol–water partition coefficient (Wildman–Crippen LogP) is 3.18. The van der Waals surface area contributed by atoms with Crippen LogP contribution < -0.4 is 0 Å². The van der Waals surface area contributed by atoms with E-state index in [4.69, 9.17) is 5.11 Å². The lowest BCUT2D eigenvalue weighted by Gasteiger charge is -2.05. The minimum Gasteiger partial charge on any atom is -0.478 e. The Labute approximate surface area is 97.1 Å². The van der Waals surface area contributed by atoms with Gasteiger partial charge in [0, 0.05) is 11.9 Å². The number of hydrogen-bond donors (Lipinski definition) is 1. The Morgan fingerprint density at radius 3 is 2.93 bits per heavy atom. The van der Waals surface area contributed by atoms with E-state index in [1.165, 1.54) is 10.8 Å². The molecule has 0 radical (unpaired) electrons. The summed E-state index contributed by atoms with van der Waals surface area (Å²) in [4.78, 5) is 14.9. The molecule has 3 nitrogen and oxygen atoms in total. The Morgan fingerprint density at radius 2 is 2.33 bits per heavy atom. The minimum atomic E-state index is -0.921. The van der Waals surface area contributed by atoms with Gasteiger partial charge in [-0.1, -0.05) is 24.6 Å². The third-order valence-electron chi connectivity index (χ3n) is 1.54. The quantitative estimate of drug-likeness (QED) is 0.805. The van der Waals surface area contributed by atoms with Gasteiger partial charge in [-0.25, -0.2) is 9.78 Å². The Morgan fingerprint density at radius 1 is 1.60 bits per heavy atom. The molecule has 82 valence electrons. The number of aromatic nitrogens is 1. The van der Waals surface area contributed by atoms with Crippen molar-refractivity contribution in [2.75, 3.05) is 5.75 Å². The highest BCUT2D eigenvalue weighted by molar-refractivity contribution is 8.76. The lowest BCUT2D eigenvalue weighted by Crippen LogP contribution is -1.99. The summed E-state index contributed by atoms with van der Waals surface area (Å²) >= 11 is 0. The predicted molar refractivity (Wildman–Crippen MR) is 64.3 cm³/mol. The summed E-state index contributed by atoms with van der Waals surface area (Å²) < 4.78 is 0. The van der Waals surface area contributed by atoms with Crippen LogP contribution in [0.1, 0.15) is 24.2 Å². The Bertz CT molecular complexity index is 342. The summed E-state index contributed by atoms with van der Waals surface area (Å²) in [6.07, 6.45) is 1.62. The van der Waals surface area contributed by atoms with Gasteiger partial charge in [-0.15, -0.1) is 0 Å². The zero-order valence-electron chi connectivity index (χ0n) is 8.64. The van der Waals surface area contributed by atoms with Crippen LogP contribution in [0.5, 0.6) is 0 Å². The van der Waals surface area contributed by atoms with Crippen LogP contribution >= 0.6 is 21.6 Å². The number of pyridine rings is 1. The molecule has 0 unspecified atom stereocenters. The largest absolute Gasteiger partial charge is 0.478 e. The molecule has 0 bridgehead atoms. The van der Waals surface area contributed by atoms with Crippen LogP contribution in [0.15, 0.2) is 23.4 Å². The fourth-order valence-corrected chi connectivity index (χ4v) is 3.40. The minimum absolute atomic E-state index is 0.277. The van der Waals surface area contributed by atoms with Gasteiger partial charge in [0.25, 0.3) is 0 Å². The summed E-state index contributed by atoms with van der Waals surface area (Å²) in [5, 5.41) is 9.49. The van der Waals surface area contributed by atoms with E-state index in [0.29, 0.717) is 10.9 Å². The standard InChI is InChI=1S/C10H13NO2S2/c1-7(2)6-14-15-9-8(10(12)13)4-3-5-11-9/h3-5,7H,6H2,1-2H3,(H,12,13). The molecule has 0 amide bonds. The molecule has 1 aromatic heterocycles. The molecular weight excluding hydrogens is 230 g/mol. The van der Waals surface area contributed by atoms with Crippen LogP contribution in [0.4, 0.5) is 0 Å². The van der Waals surface area contributed by atoms with Gasteiger partial charge in [-0.3, -0.25) is 0 Å². The van der Waals surface area contributed by atoms with Crippen molar-refractivity contribution in [3.63, 3.8) is 0 Å². The van der Waals surface area contributed by atoms with Crippen LogP contribution in [-0.4, -0.2) is 21.8 Å². The molecular formula is C10H13NO2S2. The van der Waals surface area contributed by atoms with Gasteiger partial charge in [0.2, 0.25) is 0 Å². The number of rotatable bonds is 5. The number of carbonyl (C=O) groups is 1. The van der Waals surface area contributed by atoms with E-state index >= 15 is 0 Å². The Hall–Kier alpha value is -0.680. The van der Waals surface area contributed by atoms with Crippen molar-refractivity contribution >= 4 is 27.6 Å². The van der Waals surface area contributed by atoms with E-state index in [2.05, 4.69) is 18.8 Å². The maximum absolute atomic E-state index is 10.9. The molecule has 1 N–H and O–H groups in total. The van der Waals surface area contributed by atoms with Gasteiger partial charge in [0.15, 0.2) is 0 Å². The maximum Gasteiger partial charge on any atom is 0.338 e. The normalized spacial score (nSPS) is 10.6. The van der Waals surface area contributed by atoms with E-state index in [1.807, 2.05) is 0 Å². The molecule has 1 rings (SSSR count). The molecule has 0 aliphatic rings. The van der Waals surface area contributed by atoms with Gasteiger partial charge >= 0.3 is 5.97 Å². The summed E-state index contributed by atoms with van der Waals surface area (Å²) in [6, 6.07) is 3.22. The van der Waals surface area contributed by atoms with E-state index in [0.717, 1.165) is 5.75 Å².